The van der Waals surface area contributed by atoms with Gasteiger partial charge in [0.05, 0.1) is 4.92 Å². The smallest absolute Gasteiger partial charge is 0.258 e. The Bertz CT molecular complexity index is 1020. The van der Waals surface area contributed by atoms with Crippen LogP contribution in [0.4, 0.5) is 11.4 Å². The summed E-state index contributed by atoms with van der Waals surface area (Å²) in [5, 5.41) is 19.3. The van der Waals surface area contributed by atoms with Crippen LogP contribution in [0.5, 0.6) is 0 Å². The van der Waals surface area contributed by atoms with Crippen molar-refractivity contribution in [2.45, 2.75) is 0 Å². The van der Waals surface area contributed by atoms with E-state index in [4.69, 9.17) is 0 Å². The van der Waals surface area contributed by atoms with Crippen LogP contribution in [0.2, 0.25) is 0 Å². The zero-order valence-electron chi connectivity index (χ0n) is 10.7. The first-order valence-electron chi connectivity index (χ1n) is 6.39. The molecule has 0 unspecified atom stereocenters. The molecule has 0 radical (unpaired) electrons. The fourth-order valence-electron chi connectivity index (χ4n) is 3.02. The Morgan fingerprint density at radius 2 is 1.57 bits per heavy atom. The maximum absolute atomic E-state index is 11.2. The second-order valence-electron chi connectivity index (χ2n) is 4.95. The molecule has 0 saturated carbocycles. The molecule has 0 N–H and O–H groups in total. The summed E-state index contributed by atoms with van der Waals surface area (Å²) < 4.78 is 0. The van der Waals surface area contributed by atoms with E-state index in [0.717, 1.165) is 26.9 Å². The summed E-state index contributed by atoms with van der Waals surface area (Å²) in [6.45, 7) is 0. The van der Waals surface area contributed by atoms with Crippen molar-refractivity contribution in [2.75, 3.05) is 0 Å². The minimum Gasteiger partial charge on any atom is -0.258 e. The van der Waals surface area contributed by atoms with Crippen molar-refractivity contribution in [1.29, 1.82) is 0 Å². The van der Waals surface area contributed by atoms with E-state index in [2.05, 4.69) is 5.18 Å². The van der Waals surface area contributed by atoms with Crippen LogP contribution < -0.4 is 0 Å². The molecule has 0 atom stereocenters. The van der Waals surface area contributed by atoms with Crippen LogP contribution in [0.1, 0.15) is 0 Å². The lowest BCUT2D eigenvalue weighted by atomic mass is 9.93. The van der Waals surface area contributed by atoms with Gasteiger partial charge in [-0.3, -0.25) is 10.1 Å². The van der Waals surface area contributed by atoms with Crippen molar-refractivity contribution in [2.24, 2.45) is 5.18 Å². The van der Waals surface area contributed by atoms with E-state index >= 15 is 0 Å². The van der Waals surface area contributed by atoms with Crippen LogP contribution >= 0.6 is 0 Å². The molecule has 0 bridgehead atoms. The summed E-state index contributed by atoms with van der Waals surface area (Å²) in [6, 6.07) is 14.7. The van der Waals surface area contributed by atoms with E-state index in [1.54, 1.807) is 6.07 Å². The first-order chi connectivity index (χ1) is 10.2. The van der Waals surface area contributed by atoms with Gasteiger partial charge in [-0.25, -0.2) is 0 Å². The highest BCUT2D eigenvalue weighted by atomic mass is 16.6. The lowest BCUT2D eigenvalue weighted by Gasteiger charge is -2.11. The van der Waals surface area contributed by atoms with Gasteiger partial charge in [0, 0.05) is 16.8 Å². The van der Waals surface area contributed by atoms with Gasteiger partial charge in [0.1, 0.15) is 0 Å². The fourth-order valence-corrected chi connectivity index (χ4v) is 3.02. The van der Waals surface area contributed by atoms with Crippen molar-refractivity contribution >= 4 is 43.7 Å². The number of nitro benzene ring substituents is 1. The van der Waals surface area contributed by atoms with Crippen LogP contribution in [0, 0.1) is 15.0 Å². The van der Waals surface area contributed by atoms with Gasteiger partial charge in [0.15, 0.2) is 5.69 Å². The molecule has 0 heterocycles. The van der Waals surface area contributed by atoms with E-state index in [1.807, 2.05) is 36.4 Å². The summed E-state index contributed by atoms with van der Waals surface area (Å²) in [6.07, 6.45) is 0. The molecule has 0 aliphatic carbocycles. The summed E-state index contributed by atoms with van der Waals surface area (Å²) in [5.41, 5.74) is -0.360. The quantitative estimate of drug-likeness (QED) is 0.226. The third kappa shape index (κ3) is 1.45. The summed E-state index contributed by atoms with van der Waals surface area (Å²) >= 11 is 0. The molecule has 100 valence electrons. The predicted octanol–water partition coefficient (Wildman–Crippen LogP) is 4.89. The lowest BCUT2D eigenvalue weighted by molar-refractivity contribution is -0.383. The minimum absolute atomic E-state index is 0.106. The zero-order valence-corrected chi connectivity index (χ0v) is 10.7. The molecule has 0 fully saturated rings. The summed E-state index contributed by atoms with van der Waals surface area (Å²) in [5.74, 6) is 0. The molecule has 4 rings (SSSR count). The van der Waals surface area contributed by atoms with Crippen molar-refractivity contribution in [3.63, 3.8) is 0 Å². The molecular weight excluding hydrogens is 268 g/mol. The second-order valence-corrected chi connectivity index (χ2v) is 4.95. The number of nitrogens with zero attached hydrogens (tertiary/aromatic N) is 2. The third-order valence-electron chi connectivity index (χ3n) is 3.89. The molecular formula is C16H8N2O3. The number of rotatable bonds is 2. The number of hydrogen-bond donors (Lipinski definition) is 0. The highest BCUT2D eigenvalue weighted by Gasteiger charge is 2.21. The average Bonchev–Trinajstić information content (AvgIpc) is 2.51. The second kappa shape index (κ2) is 3.96. The molecule has 0 aromatic heterocycles. The van der Waals surface area contributed by atoms with Gasteiger partial charge in [-0.2, -0.15) is 0 Å². The lowest BCUT2D eigenvalue weighted by Crippen LogP contribution is -1.91. The molecule has 21 heavy (non-hydrogen) atoms. The Labute approximate surface area is 118 Å². The number of nitroso groups, excluding NO2 is 1. The van der Waals surface area contributed by atoms with Crippen molar-refractivity contribution in [1.82, 2.24) is 0 Å². The first kappa shape index (κ1) is 11.7. The molecule has 0 aliphatic rings. The largest absolute Gasteiger partial charge is 0.299 e. The van der Waals surface area contributed by atoms with Crippen LogP contribution in [0.3, 0.4) is 0 Å². The van der Waals surface area contributed by atoms with Crippen molar-refractivity contribution in [3.8, 4) is 0 Å². The van der Waals surface area contributed by atoms with Crippen LogP contribution in [-0.2, 0) is 0 Å². The molecule has 0 saturated heterocycles. The van der Waals surface area contributed by atoms with E-state index < -0.39 is 4.92 Å². The van der Waals surface area contributed by atoms with Gasteiger partial charge in [-0.05, 0) is 26.7 Å². The highest BCUT2D eigenvalue weighted by molar-refractivity contribution is 6.26. The maximum atomic E-state index is 11.2. The Hall–Kier alpha value is -3.08. The van der Waals surface area contributed by atoms with Crippen LogP contribution in [0.25, 0.3) is 32.3 Å². The van der Waals surface area contributed by atoms with E-state index in [1.165, 1.54) is 6.07 Å². The van der Waals surface area contributed by atoms with Crippen LogP contribution in [-0.4, -0.2) is 4.92 Å². The molecule has 0 aliphatic heterocycles. The number of hydrogen-bond acceptors (Lipinski definition) is 4. The monoisotopic (exact) mass is 276 g/mol. The average molecular weight is 276 g/mol. The Balaban J connectivity index is 2.36. The molecule has 4 aromatic rings. The molecule has 5 heteroatoms. The zero-order chi connectivity index (χ0) is 14.6. The molecule has 0 spiro atoms. The van der Waals surface area contributed by atoms with E-state index in [9.17, 15) is 15.0 Å². The Kier molecular flexibility index (Phi) is 2.21. The third-order valence-corrected chi connectivity index (χ3v) is 3.89. The van der Waals surface area contributed by atoms with E-state index in [-0.39, 0.29) is 11.4 Å². The van der Waals surface area contributed by atoms with Gasteiger partial charge in [0.2, 0.25) is 0 Å². The first-order valence-corrected chi connectivity index (χ1v) is 6.39. The van der Waals surface area contributed by atoms with Crippen molar-refractivity contribution in [3.05, 3.63) is 63.6 Å². The van der Waals surface area contributed by atoms with Gasteiger partial charge in [-0.1, -0.05) is 42.5 Å². The van der Waals surface area contributed by atoms with Crippen molar-refractivity contribution < 1.29 is 4.92 Å². The summed E-state index contributed by atoms with van der Waals surface area (Å²) in [4.78, 5) is 21.7. The van der Waals surface area contributed by atoms with Gasteiger partial charge >= 0.3 is 0 Å². The van der Waals surface area contributed by atoms with E-state index in [0.29, 0.717) is 5.39 Å². The Morgan fingerprint density at radius 3 is 2.24 bits per heavy atom. The highest BCUT2D eigenvalue weighted by Crippen LogP contribution is 2.43. The number of nitro groups is 1. The minimum atomic E-state index is -0.564. The topological polar surface area (TPSA) is 72.6 Å². The molecule has 0 amide bonds. The van der Waals surface area contributed by atoms with Gasteiger partial charge < -0.3 is 0 Å². The van der Waals surface area contributed by atoms with Gasteiger partial charge in [0.25, 0.3) is 5.69 Å². The Morgan fingerprint density at radius 1 is 0.905 bits per heavy atom. The van der Waals surface area contributed by atoms with Crippen LogP contribution in [0.15, 0.2) is 53.7 Å². The van der Waals surface area contributed by atoms with Gasteiger partial charge in [-0.15, -0.1) is 4.91 Å². The standard InChI is InChI=1S/C16H8N2O3/c19-17-16-12-7-6-10-3-1-2-9-4-5-11(15(12)14(9)10)8-13(16)18(20)21/h1-8H. The fraction of sp³-hybridized carbons (Fsp3) is 0. The SMILES string of the molecule is O=Nc1c([N+](=O)[O-])cc2ccc3cccc4ccc1c2c34. The number of benzene rings is 4. The summed E-state index contributed by atoms with van der Waals surface area (Å²) in [7, 11) is 0. The maximum Gasteiger partial charge on any atom is 0.299 e. The molecule has 5 nitrogen and oxygen atoms in total. The normalized spacial score (nSPS) is 11.4. The molecule has 4 aromatic carbocycles. The predicted molar refractivity (Wildman–Crippen MR) is 82.3 cm³/mol.